The second-order valence-corrected chi connectivity index (χ2v) is 10.2. The standard InChI is InChI=1S/C28H38N2O3/c1-21-15-22(2)17-27(16-21)33-20-28(32)18-29(23(3)31)13-14-30(19-28)26-11-9-25(10-12-26)24-7-5-4-6-8-24/h4-8,15-17,25-26,32H,9-14,18-20H2,1-3H3/t25?,26?,28-/m0/s1. The van der Waals surface area contributed by atoms with Crippen LogP contribution in [-0.4, -0.2) is 65.2 Å². The summed E-state index contributed by atoms with van der Waals surface area (Å²) < 4.78 is 6.09. The topological polar surface area (TPSA) is 53.0 Å². The lowest BCUT2D eigenvalue weighted by Crippen LogP contribution is -2.53. The van der Waals surface area contributed by atoms with E-state index in [0.717, 1.165) is 36.3 Å². The Bertz CT molecular complexity index is 919. The van der Waals surface area contributed by atoms with Crippen molar-refractivity contribution in [3.8, 4) is 5.75 Å². The smallest absolute Gasteiger partial charge is 0.219 e. The number of ether oxygens (including phenoxy) is 1. The van der Waals surface area contributed by atoms with E-state index in [1.54, 1.807) is 11.8 Å². The first kappa shape index (κ1) is 23.8. The molecule has 2 aromatic carbocycles. The van der Waals surface area contributed by atoms with Crippen LogP contribution in [0.4, 0.5) is 0 Å². The molecule has 1 atom stereocenters. The van der Waals surface area contributed by atoms with Gasteiger partial charge in [0.25, 0.3) is 0 Å². The molecule has 1 N–H and O–H groups in total. The minimum absolute atomic E-state index is 0.00876. The molecule has 5 nitrogen and oxygen atoms in total. The van der Waals surface area contributed by atoms with Crippen molar-refractivity contribution in [2.75, 3.05) is 32.8 Å². The summed E-state index contributed by atoms with van der Waals surface area (Å²) in [6.45, 7) is 8.15. The zero-order valence-corrected chi connectivity index (χ0v) is 20.3. The van der Waals surface area contributed by atoms with E-state index in [2.05, 4.69) is 41.3 Å². The van der Waals surface area contributed by atoms with Crippen LogP contribution in [0.1, 0.15) is 55.2 Å². The average molecular weight is 451 g/mol. The van der Waals surface area contributed by atoms with Crippen LogP contribution in [0.3, 0.4) is 0 Å². The maximum atomic E-state index is 12.2. The van der Waals surface area contributed by atoms with Gasteiger partial charge in [-0.3, -0.25) is 9.69 Å². The van der Waals surface area contributed by atoms with Crippen LogP contribution in [0.5, 0.6) is 5.75 Å². The lowest BCUT2D eigenvalue weighted by Gasteiger charge is -2.39. The van der Waals surface area contributed by atoms with Gasteiger partial charge in [0, 0.05) is 32.6 Å². The number of benzene rings is 2. The molecule has 4 rings (SSSR count). The first-order valence-corrected chi connectivity index (χ1v) is 12.3. The van der Waals surface area contributed by atoms with Gasteiger partial charge in [0.1, 0.15) is 18.0 Å². The molecule has 1 saturated carbocycles. The van der Waals surface area contributed by atoms with E-state index in [9.17, 15) is 9.90 Å². The number of hydrogen-bond donors (Lipinski definition) is 1. The number of aryl methyl sites for hydroxylation is 2. The Labute approximate surface area is 198 Å². The van der Waals surface area contributed by atoms with Crippen molar-refractivity contribution in [3.63, 3.8) is 0 Å². The summed E-state index contributed by atoms with van der Waals surface area (Å²) in [5, 5.41) is 11.6. The molecule has 0 radical (unpaired) electrons. The van der Waals surface area contributed by atoms with Crippen molar-refractivity contribution in [1.82, 2.24) is 9.80 Å². The van der Waals surface area contributed by atoms with Crippen LogP contribution in [0.15, 0.2) is 48.5 Å². The second kappa shape index (κ2) is 10.3. The third kappa shape index (κ3) is 6.15. The third-order valence-electron chi connectivity index (χ3n) is 7.27. The maximum absolute atomic E-state index is 12.2. The summed E-state index contributed by atoms with van der Waals surface area (Å²) >= 11 is 0. The predicted octanol–water partition coefficient (Wildman–Crippen LogP) is 4.30. The van der Waals surface area contributed by atoms with Crippen molar-refractivity contribution in [2.24, 2.45) is 0 Å². The lowest BCUT2D eigenvalue weighted by molar-refractivity contribution is -0.132. The molecule has 1 heterocycles. The van der Waals surface area contributed by atoms with Crippen LogP contribution in [0.25, 0.3) is 0 Å². The number of hydrogen-bond acceptors (Lipinski definition) is 4. The molecule has 2 aromatic rings. The van der Waals surface area contributed by atoms with Crippen LogP contribution in [-0.2, 0) is 4.79 Å². The average Bonchev–Trinajstić information content (AvgIpc) is 2.98. The van der Waals surface area contributed by atoms with Crippen molar-refractivity contribution in [2.45, 2.75) is 64.0 Å². The van der Waals surface area contributed by atoms with Crippen LogP contribution < -0.4 is 4.74 Å². The van der Waals surface area contributed by atoms with Gasteiger partial charge in [0.2, 0.25) is 5.91 Å². The van der Waals surface area contributed by atoms with Crippen LogP contribution >= 0.6 is 0 Å². The molecule has 178 valence electrons. The van der Waals surface area contributed by atoms with E-state index >= 15 is 0 Å². The predicted molar refractivity (Wildman–Crippen MR) is 132 cm³/mol. The number of carbonyl (C=O) groups excluding carboxylic acids is 1. The molecule has 5 heteroatoms. The highest BCUT2D eigenvalue weighted by Gasteiger charge is 2.39. The Hall–Kier alpha value is -2.37. The highest BCUT2D eigenvalue weighted by molar-refractivity contribution is 5.73. The molecule has 1 aliphatic carbocycles. The maximum Gasteiger partial charge on any atom is 0.219 e. The number of rotatable bonds is 5. The van der Waals surface area contributed by atoms with Gasteiger partial charge >= 0.3 is 0 Å². The molecular formula is C28H38N2O3. The molecule has 2 aliphatic rings. The fourth-order valence-electron chi connectivity index (χ4n) is 5.60. The molecule has 2 fully saturated rings. The van der Waals surface area contributed by atoms with Gasteiger partial charge in [-0.1, -0.05) is 36.4 Å². The van der Waals surface area contributed by atoms with Gasteiger partial charge in [0.05, 0.1) is 6.54 Å². The van der Waals surface area contributed by atoms with Gasteiger partial charge in [-0.25, -0.2) is 0 Å². The summed E-state index contributed by atoms with van der Waals surface area (Å²) in [5.41, 5.74) is 2.61. The zero-order valence-electron chi connectivity index (χ0n) is 20.3. The SMILES string of the molecule is CC(=O)N1CCN(C2CCC(c3ccccc3)CC2)C[C@](O)(COc2cc(C)cc(C)c2)C1. The number of aliphatic hydroxyl groups is 1. The van der Waals surface area contributed by atoms with E-state index in [4.69, 9.17) is 4.74 Å². The van der Waals surface area contributed by atoms with Crippen molar-refractivity contribution in [1.29, 1.82) is 0 Å². The van der Waals surface area contributed by atoms with Gasteiger partial charge in [-0.05, 0) is 74.3 Å². The molecule has 0 spiro atoms. The van der Waals surface area contributed by atoms with Crippen LogP contribution in [0, 0.1) is 13.8 Å². The molecule has 33 heavy (non-hydrogen) atoms. The lowest BCUT2D eigenvalue weighted by atomic mass is 9.81. The van der Waals surface area contributed by atoms with Crippen molar-refractivity contribution >= 4 is 5.91 Å². The first-order chi connectivity index (χ1) is 15.8. The zero-order chi connectivity index (χ0) is 23.4. The minimum Gasteiger partial charge on any atom is -0.490 e. The number of nitrogens with zero attached hydrogens (tertiary/aromatic N) is 2. The summed E-state index contributed by atoms with van der Waals surface area (Å²) in [7, 11) is 0. The number of β-amino-alcohol motifs (C(OH)–C–C–N with tert-alkyl or cyclic N) is 1. The fourth-order valence-corrected chi connectivity index (χ4v) is 5.60. The monoisotopic (exact) mass is 450 g/mol. The summed E-state index contributed by atoms with van der Waals surface area (Å²) in [4.78, 5) is 16.4. The van der Waals surface area contributed by atoms with Gasteiger partial charge in [0.15, 0.2) is 0 Å². The highest BCUT2D eigenvalue weighted by atomic mass is 16.5. The second-order valence-electron chi connectivity index (χ2n) is 10.2. The van der Waals surface area contributed by atoms with Gasteiger partial charge < -0.3 is 14.7 Å². The van der Waals surface area contributed by atoms with E-state index in [1.807, 2.05) is 26.0 Å². The molecular weight excluding hydrogens is 412 g/mol. The van der Waals surface area contributed by atoms with E-state index in [-0.39, 0.29) is 12.5 Å². The van der Waals surface area contributed by atoms with Crippen LogP contribution in [0.2, 0.25) is 0 Å². The molecule has 0 unspecified atom stereocenters. The van der Waals surface area contributed by atoms with Gasteiger partial charge in [-0.2, -0.15) is 0 Å². The summed E-state index contributed by atoms with van der Waals surface area (Å²) in [6.07, 6.45) is 4.57. The first-order valence-electron chi connectivity index (χ1n) is 12.3. The summed E-state index contributed by atoms with van der Waals surface area (Å²) in [6, 6.07) is 17.4. The fraction of sp³-hybridized carbons (Fsp3) is 0.536. The van der Waals surface area contributed by atoms with Gasteiger partial charge in [-0.15, -0.1) is 0 Å². The Morgan fingerprint density at radius 1 is 1.00 bits per heavy atom. The Morgan fingerprint density at radius 2 is 1.67 bits per heavy atom. The minimum atomic E-state index is -1.10. The number of carbonyl (C=O) groups is 1. The molecule has 1 aliphatic heterocycles. The Kier molecular flexibility index (Phi) is 7.40. The summed E-state index contributed by atoms with van der Waals surface area (Å²) in [5.74, 6) is 1.40. The van der Waals surface area contributed by atoms with E-state index in [1.165, 1.54) is 18.4 Å². The van der Waals surface area contributed by atoms with Crippen molar-refractivity contribution < 1.29 is 14.6 Å². The van der Waals surface area contributed by atoms with E-state index < -0.39 is 5.60 Å². The molecule has 0 aromatic heterocycles. The third-order valence-corrected chi connectivity index (χ3v) is 7.27. The normalized spacial score (nSPS) is 26.6. The quantitative estimate of drug-likeness (QED) is 0.738. The molecule has 1 amide bonds. The van der Waals surface area contributed by atoms with E-state index in [0.29, 0.717) is 31.6 Å². The largest absolute Gasteiger partial charge is 0.490 e. The highest BCUT2D eigenvalue weighted by Crippen LogP contribution is 2.35. The molecule has 1 saturated heterocycles. The Balaban J connectivity index is 1.43. The molecule has 0 bridgehead atoms. The Morgan fingerprint density at radius 3 is 2.30 bits per heavy atom. The number of amides is 1. The van der Waals surface area contributed by atoms with Crippen molar-refractivity contribution in [3.05, 3.63) is 65.2 Å².